The smallest absolute Gasteiger partial charge is 0.242 e. The summed E-state index contributed by atoms with van der Waals surface area (Å²) in [5.41, 5.74) is -0.0297. The number of amides is 1. The molecule has 5 nitrogen and oxygen atoms in total. The third-order valence-electron chi connectivity index (χ3n) is 3.04. The molecule has 0 fully saturated rings. The average molecular weight is 480 g/mol. The maximum Gasteiger partial charge on any atom is 0.242 e. The van der Waals surface area contributed by atoms with Crippen molar-refractivity contribution in [2.24, 2.45) is 0 Å². The number of rotatable bonds is 5. The normalized spacial score (nSPS) is 12.7. The number of hydrogen-bond acceptors (Lipinski definition) is 3. The maximum absolute atomic E-state index is 13.7. The van der Waals surface area contributed by atoms with Crippen LogP contribution in [0.4, 0.5) is 10.1 Å². The zero-order valence-corrected chi connectivity index (χ0v) is 16.4. The van der Waals surface area contributed by atoms with Gasteiger partial charge in [-0.15, -0.1) is 0 Å². The van der Waals surface area contributed by atoms with E-state index in [0.717, 1.165) is 4.47 Å². The van der Waals surface area contributed by atoms with Gasteiger partial charge in [0, 0.05) is 8.95 Å². The summed E-state index contributed by atoms with van der Waals surface area (Å²) in [4.78, 5) is 12.1. The average Bonchev–Trinajstić information content (AvgIpc) is 2.50. The minimum atomic E-state index is -3.86. The van der Waals surface area contributed by atoms with Crippen LogP contribution in [0.1, 0.15) is 6.92 Å². The fourth-order valence-electron chi connectivity index (χ4n) is 1.80. The minimum absolute atomic E-state index is 0.0279. The van der Waals surface area contributed by atoms with Crippen LogP contribution < -0.4 is 10.0 Å². The van der Waals surface area contributed by atoms with Crippen LogP contribution in [0.25, 0.3) is 0 Å². The molecule has 0 spiro atoms. The van der Waals surface area contributed by atoms with Crippen molar-refractivity contribution < 1.29 is 17.6 Å². The van der Waals surface area contributed by atoms with Crippen LogP contribution in [-0.2, 0) is 14.8 Å². The van der Waals surface area contributed by atoms with Crippen molar-refractivity contribution >= 4 is 53.5 Å². The van der Waals surface area contributed by atoms with E-state index < -0.39 is 27.8 Å². The van der Waals surface area contributed by atoms with Crippen LogP contribution in [0.5, 0.6) is 0 Å². The summed E-state index contributed by atoms with van der Waals surface area (Å²) in [5, 5.41) is 2.35. The number of sulfonamides is 1. The van der Waals surface area contributed by atoms with Crippen LogP contribution >= 0.6 is 31.9 Å². The fraction of sp³-hybridized carbons (Fsp3) is 0.133. The Labute approximate surface area is 156 Å². The van der Waals surface area contributed by atoms with E-state index in [1.165, 1.54) is 31.2 Å². The summed E-state index contributed by atoms with van der Waals surface area (Å²) in [6.07, 6.45) is 0. The lowest BCUT2D eigenvalue weighted by atomic mass is 10.2. The Kier molecular flexibility index (Phi) is 6.13. The van der Waals surface area contributed by atoms with E-state index in [1.807, 2.05) is 0 Å². The van der Waals surface area contributed by atoms with Gasteiger partial charge in [-0.3, -0.25) is 4.79 Å². The van der Waals surface area contributed by atoms with Crippen LogP contribution in [0.15, 0.2) is 56.3 Å². The molecule has 2 aromatic carbocycles. The molecule has 0 saturated heterocycles. The molecule has 2 rings (SSSR count). The van der Waals surface area contributed by atoms with Crippen molar-refractivity contribution in [3.8, 4) is 0 Å². The molecule has 1 amide bonds. The van der Waals surface area contributed by atoms with Gasteiger partial charge < -0.3 is 5.32 Å². The summed E-state index contributed by atoms with van der Waals surface area (Å²) in [5.74, 6) is -1.29. The Morgan fingerprint density at radius 2 is 1.67 bits per heavy atom. The molecule has 0 aliphatic carbocycles. The lowest BCUT2D eigenvalue weighted by Crippen LogP contribution is -2.41. The first-order valence-electron chi connectivity index (χ1n) is 6.73. The van der Waals surface area contributed by atoms with Gasteiger partial charge in [0.15, 0.2) is 0 Å². The Morgan fingerprint density at radius 3 is 2.25 bits per heavy atom. The molecule has 9 heteroatoms. The summed E-state index contributed by atoms with van der Waals surface area (Å²) in [6, 6.07) is 9.04. The van der Waals surface area contributed by atoms with Crippen LogP contribution in [0, 0.1) is 5.82 Å². The van der Waals surface area contributed by atoms with E-state index in [4.69, 9.17) is 0 Å². The number of halogens is 3. The van der Waals surface area contributed by atoms with E-state index >= 15 is 0 Å². The first-order valence-corrected chi connectivity index (χ1v) is 9.80. The summed E-state index contributed by atoms with van der Waals surface area (Å²) >= 11 is 6.33. The molecule has 0 heterocycles. The molecule has 1 atom stereocenters. The first kappa shape index (κ1) is 19.0. The molecule has 0 unspecified atom stereocenters. The van der Waals surface area contributed by atoms with Crippen molar-refractivity contribution in [1.29, 1.82) is 0 Å². The Balaban J connectivity index is 2.09. The second-order valence-electron chi connectivity index (χ2n) is 4.91. The number of carbonyl (C=O) groups excluding carboxylic acids is 1. The molecule has 0 radical (unpaired) electrons. The van der Waals surface area contributed by atoms with Crippen molar-refractivity contribution in [3.05, 3.63) is 57.2 Å². The van der Waals surface area contributed by atoms with Gasteiger partial charge in [-0.25, -0.2) is 12.8 Å². The molecule has 128 valence electrons. The highest BCUT2D eigenvalue weighted by Crippen LogP contribution is 2.20. The Bertz CT molecular complexity index is 858. The van der Waals surface area contributed by atoms with E-state index in [2.05, 4.69) is 41.9 Å². The highest BCUT2D eigenvalue weighted by Gasteiger charge is 2.22. The standard InChI is InChI=1S/C15H13Br2FN2O3S/c1-9(15(21)19-14-7-4-11(17)8-13(14)18)20-24(22,23)12-5-2-10(16)3-6-12/h2-9,20H,1H3,(H,19,21)/t9-/m1/s1. The highest BCUT2D eigenvalue weighted by atomic mass is 79.9. The Morgan fingerprint density at radius 1 is 1.08 bits per heavy atom. The molecule has 0 aromatic heterocycles. The monoisotopic (exact) mass is 478 g/mol. The second kappa shape index (κ2) is 7.73. The summed E-state index contributed by atoms with van der Waals surface area (Å²) in [6.45, 7) is 1.38. The van der Waals surface area contributed by atoms with E-state index in [-0.39, 0.29) is 10.6 Å². The fourth-order valence-corrected chi connectivity index (χ4v) is 3.60. The Hall–Kier alpha value is -1.29. The zero-order chi connectivity index (χ0) is 17.9. The number of nitrogens with one attached hydrogen (secondary N) is 2. The van der Waals surface area contributed by atoms with E-state index in [9.17, 15) is 17.6 Å². The minimum Gasteiger partial charge on any atom is -0.322 e. The molecule has 0 saturated carbocycles. The lowest BCUT2D eigenvalue weighted by Gasteiger charge is -2.15. The molecular formula is C15H13Br2FN2O3S. The number of anilines is 1. The lowest BCUT2D eigenvalue weighted by molar-refractivity contribution is -0.117. The van der Waals surface area contributed by atoms with Gasteiger partial charge >= 0.3 is 0 Å². The van der Waals surface area contributed by atoms with Crippen molar-refractivity contribution in [2.45, 2.75) is 17.9 Å². The zero-order valence-electron chi connectivity index (χ0n) is 12.4. The predicted octanol–water partition coefficient (Wildman–Crippen LogP) is 3.66. The molecule has 2 N–H and O–H groups in total. The number of hydrogen-bond donors (Lipinski definition) is 2. The molecule has 0 aliphatic rings. The van der Waals surface area contributed by atoms with Gasteiger partial charge in [0.2, 0.25) is 15.9 Å². The van der Waals surface area contributed by atoms with Crippen LogP contribution in [-0.4, -0.2) is 20.4 Å². The molecule has 0 aliphatic heterocycles. The first-order chi connectivity index (χ1) is 11.2. The van der Waals surface area contributed by atoms with Crippen molar-refractivity contribution in [2.75, 3.05) is 5.32 Å². The molecule has 0 bridgehead atoms. The van der Waals surface area contributed by atoms with Gasteiger partial charge in [0.25, 0.3) is 0 Å². The van der Waals surface area contributed by atoms with Gasteiger partial charge in [-0.05, 0) is 49.4 Å². The van der Waals surface area contributed by atoms with Crippen LogP contribution in [0.3, 0.4) is 0 Å². The quantitative estimate of drug-likeness (QED) is 0.687. The van der Waals surface area contributed by atoms with Crippen molar-refractivity contribution in [3.63, 3.8) is 0 Å². The topological polar surface area (TPSA) is 75.3 Å². The van der Waals surface area contributed by atoms with E-state index in [1.54, 1.807) is 18.2 Å². The van der Waals surface area contributed by atoms with Gasteiger partial charge in [0.05, 0.1) is 16.6 Å². The van der Waals surface area contributed by atoms with Gasteiger partial charge in [-0.2, -0.15) is 4.72 Å². The third-order valence-corrected chi connectivity index (χ3v) is 5.62. The SMILES string of the molecule is C[C@@H](NS(=O)(=O)c1ccc(Br)cc1)C(=O)Nc1ccc(Br)cc1F. The van der Waals surface area contributed by atoms with Gasteiger partial charge in [0.1, 0.15) is 5.82 Å². The predicted molar refractivity (Wildman–Crippen MR) is 96.7 cm³/mol. The maximum atomic E-state index is 13.7. The molecular weight excluding hydrogens is 467 g/mol. The number of benzene rings is 2. The largest absolute Gasteiger partial charge is 0.322 e. The highest BCUT2D eigenvalue weighted by molar-refractivity contribution is 9.10. The van der Waals surface area contributed by atoms with Gasteiger partial charge in [-0.1, -0.05) is 31.9 Å². The summed E-state index contributed by atoms with van der Waals surface area (Å²) < 4.78 is 41.7. The molecule has 24 heavy (non-hydrogen) atoms. The third kappa shape index (κ3) is 4.85. The number of carbonyl (C=O) groups is 1. The molecule has 2 aromatic rings. The summed E-state index contributed by atoms with van der Waals surface area (Å²) in [7, 11) is -3.86. The van der Waals surface area contributed by atoms with Crippen molar-refractivity contribution in [1.82, 2.24) is 4.72 Å². The second-order valence-corrected chi connectivity index (χ2v) is 8.46. The van der Waals surface area contributed by atoms with Crippen LogP contribution in [0.2, 0.25) is 0 Å². The van der Waals surface area contributed by atoms with E-state index in [0.29, 0.717) is 4.47 Å².